The van der Waals surface area contributed by atoms with Crippen LogP contribution < -0.4 is 0 Å². The van der Waals surface area contributed by atoms with Gasteiger partial charge in [-0.15, -0.1) is 0 Å². The standard InChI is InChI=1S/C20H28/c1-18(2,3)16-12-14-20(15-13-16,19(4,5)6)17-10-8-7-9-11-17/h7-14H,15H2,1-6H3. The molecule has 0 fully saturated rings. The van der Waals surface area contributed by atoms with Crippen molar-refractivity contribution >= 4 is 0 Å². The van der Waals surface area contributed by atoms with Gasteiger partial charge in [-0.2, -0.15) is 0 Å². The molecule has 20 heavy (non-hydrogen) atoms. The number of hydrogen-bond donors (Lipinski definition) is 0. The van der Waals surface area contributed by atoms with Crippen molar-refractivity contribution in [1.82, 2.24) is 0 Å². The molecule has 1 aliphatic rings. The minimum atomic E-state index is 0.100. The maximum Gasteiger partial charge on any atom is 0.0218 e. The highest BCUT2D eigenvalue weighted by molar-refractivity contribution is 5.42. The predicted molar refractivity (Wildman–Crippen MR) is 88.9 cm³/mol. The summed E-state index contributed by atoms with van der Waals surface area (Å²) in [5.74, 6) is 0. The lowest BCUT2D eigenvalue weighted by atomic mass is 9.58. The third-order valence-electron chi connectivity index (χ3n) is 4.68. The molecule has 2 rings (SSSR count). The van der Waals surface area contributed by atoms with Crippen LogP contribution in [-0.2, 0) is 5.41 Å². The molecule has 1 atom stereocenters. The molecule has 0 saturated heterocycles. The van der Waals surface area contributed by atoms with Gasteiger partial charge in [-0.25, -0.2) is 0 Å². The highest BCUT2D eigenvalue weighted by atomic mass is 14.4. The van der Waals surface area contributed by atoms with Crippen molar-refractivity contribution < 1.29 is 0 Å². The van der Waals surface area contributed by atoms with Crippen molar-refractivity contribution in [2.24, 2.45) is 10.8 Å². The summed E-state index contributed by atoms with van der Waals surface area (Å²) in [6, 6.07) is 10.9. The lowest BCUT2D eigenvalue weighted by Crippen LogP contribution is -2.39. The third kappa shape index (κ3) is 2.61. The van der Waals surface area contributed by atoms with Crippen molar-refractivity contribution in [2.75, 3.05) is 0 Å². The van der Waals surface area contributed by atoms with E-state index >= 15 is 0 Å². The molecule has 0 bridgehead atoms. The quantitative estimate of drug-likeness (QED) is 0.594. The first kappa shape index (κ1) is 15.1. The fraction of sp³-hybridized carbons (Fsp3) is 0.500. The zero-order valence-electron chi connectivity index (χ0n) is 13.8. The molecule has 0 amide bonds. The van der Waals surface area contributed by atoms with Crippen LogP contribution in [0.5, 0.6) is 0 Å². The second kappa shape index (κ2) is 4.91. The number of rotatable bonds is 1. The Morgan fingerprint density at radius 2 is 1.50 bits per heavy atom. The first-order valence-electron chi connectivity index (χ1n) is 7.62. The van der Waals surface area contributed by atoms with E-state index in [2.05, 4.69) is 90.1 Å². The lowest BCUT2D eigenvalue weighted by molar-refractivity contribution is 0.235. The van der Waals surface area contributed by atoms with Crippen molar-refractivity contribution in [1.29, 1.82) is 0 Å². The molecule has 0 nitrogen and oxygen atoms in total. The van der Waals surface area contributed by atoms with E-state index in [-0.39, 0.29) is 16.2 Å². The van der Waals surface area contributed by atoms with E-state index in [1.807, 2.05) is 0 Å². The minimum Gasteiger partial charge on any atom is -0.0796 e. The van der Waals surface area contributed by atoms with E-state index in [9.17, 15) is 0 Å². The second-order valence-electron chi connectivity index (χ2n) is 8.03. The van der Waals surface area contributed by atoms with Crippen LogP contribution in [0.1, 0.15) is 53.5 Å². The first-order chi connectivity index (χ1) is 9.17. The summed E-state index contributed by atoms with van der Waals surface area (Å²) >= 11 is 0. The van der Waals surface area contributed by atoms with Gasteiger partial charge in [0.2, 0.25) is 0 Å². The maximum absolute atomic E-state index is 2.45. The maximum atomic E-state index is 2.45. The monoisotopic (exact) mass is 268 g/mol. The molecule has 0 saturated carbocycles. The SMILES string of the molecule is CC(C)(C)C1=CCC(c2ccccc2)(C(C)(C)C)C=C1. The minimum absolute atomic E-state index is 0.100. The topological polar surface area (TPSA) is 0 Å². The zero-order chi connectivity index (χ0) is 15.0. The summed E-state index contributed by atoms with van der Waals surface area (Å²) in [4.78, 5) is 0. The Balaban J connectivity index is 2.46. The molecule has 1 aromatic rings. The van der Waals surface area contributed by atoms with Crippen molar-refractivity contribution in [3.8, 4) is 0 Å². The molecule has 0 aromatic heterocycles. The Morgan fingerprint density at radius 1 is 0.900 bits per heavy atom. The molecule has 0 spiro atoms. The summed E-state index contributed by atoms with van der Waals surface area (Å²) < 4.78 is 0. The predicted octanol–water partition coefficient (Wildman–Crippen LogP) is 5.90. The first-order valence-corrected chi connectivity index (χ1v) is 7.62. The van der Waals surface area contributed by atoms with E-state index < -0.39 is 0 Å². The van der Waals surface area contributed by atoms with E-state index in [4.69, 9.17) is 0 Å². The van der Waals surface area contributed by atoms with E-state index in [1.54, 1.807) is 0 Å². The average Bonchev–Trinajstić information content (AvgIpc) is 2.37. The van der Waals surface area contributed by atoms with Gasteiger partial charge in [-0.05, 0) is 28.4 Å². The third-order valence-corrected chi connectivity index (χ3v) is 4.68. The molecular weight excluding hydrogens is 240 g/mol. The Hall–Kier alpha value is -1.30. The fourth-order valence-electron chi connectivity index (χ4n) is 3.13. The Morgan fingerprint density at radius 3 is 1.90 bits per heavy atom. The fourth-order valence-corrected chi connectivity index (χ4v) is 3.13. The smallest absolute Gasteiger partial charge is 0.0218 e. The van der Waals surface area contributed by atoms with Gasteiger partial charge in [-0.1, -0.05) is 90.1 Å². The highest BCUT2D eigenvalue weighted by Gasteiger charge is 2.42. The van der Waals surface area contributed by atoms with Gasteiger partial charge in [0.05, 0.1) is 0 Å². The molecular formula is C20H28. The van der Waals surface area contributed by atoms with Crippen LogP contribution in [0.2, 0.25) is 0 Å². The van der Waals surface area contributed by atoms with Gasteiger partial charge >= 0.3 is 0 Å². The summed E-state index contributed by atoms with van der Waals surface area (Å²) in [5, 5.41) is 0. The zero-order valence-corrected chi connectivity index (χ0v) is 13.8. The van der Waals surface area contributed by atoms with Crippen LogP contribution in [0.4, 0.5) is 0 Å². The molecule has 1 unspecified atom stereocenters. The highest BCUT2D eigenvalue weighted by Crippen LogP contribution is 2.49. The van der Waals surface area contributed by atoms with Crippen LogP contribution >= 0.6 is 0 Å². The van der Waals surface area contributed by atoms with E-state index in [0.717, 1.165) is 6.42 Å². The number of hydrogen-bond acceptors (Lipinski definition) is 0. The molecule has 0 radical (unpaired) electrons. The van der Waals surface area contributed by atoms with Crippen LogP contribution in [0.15, 0.2) is 54.1 Å². The normalized spacial score (nSPS) is 23.6. The van der Waals surface area contributed by atoms with Gasteiger partial charge in [0.1, 0.15) is 0 Å². The molecule has 0 heteroatoms. The molecule has 0 heterocycles. The van der Waals surface area contributed by atoms with Gasteiger partial charge in [0.25, 0.3) is 0 Å². The largest absolute Gasteiger partial charge is 0.0796 e. The summed E-state index contributed by atoms with van der Waals surface area (Å²) in [6.45, 7) is 13.9. The summed E-state index contributed by atoms with van der Waals surface area (Å²) in [7, 11) is 0. The van der Waals surface area contributed by atoms with Crippen LogP contribution in [0.25, 0.3) is 0 Å². The Kier molecular flexibility index (Phi) is 3.71. The van der Waals surface area contributed by atoms with Crippen LogP contribution in [-0.4, -0.2) is 0 Å². The van der Waals surface area contributed by atoms with Crippen molar-refractivity contribution in [2.45, 2.75) is 53.4 Å². The molecule has 108 valence electrons. The van der Waals surface area contributed by atoms with Gasteiger partial charge < -0.3 is 0 Å². The molecule has 0 aliphatic heterocycles. The Labute approximate surface area is 124 Å². The summed E-state index contributed by atoms with van der Waals surface area (Å²) in [5.41, 5.74) is 3.41. The average molecular weight is 268 g/mol. The number of benzene rings is 1. The summed E-state index contributed by atoms with van der Waals surface area (Å²) in [6.07, 6.45) is 8.33. The molecule has 1 aliphatic carbocycles. The molecule has 1 aromatic carbocycles. The van der Waals surface area contributed by atoms with Gasteiger partial charge in [0, 0.05) is 5.41 Å². The van der Waals surface area contributed by atoms with Crippen LogP contribution in [0, 0.1) is 10.8 Å². The molecule has 0 N–H and O–H groups in total. The second-order valence-corrected chi connectivity index (χ2v) is 8.03. The lowest BCUT2D eigenvalue weighted by Gasteiger charge is -2.45. The Bertz CT molecular complexity index is 517. The van der Waals surface area contributed by atoms with Crippen molar-refractivity contribution in [3.63, 3.8) is 0 Å². The van der Waals surface area contributed by atoms with Crippen LogP contribution in [0.3, 0.4) is 0 Å². The van der Waals surface area contributed by atoms with Gasteiger partial charge in [-0.3, -0.25) is 0 Å². The van der Waals surface area contributed by atoms with Gasteiger partial charge in [0.15, 0.2) is 0 Å². The van der Waals surface area contributed by atoms with Crippen molar-refractivity contribution in [3.05, 3.63) is 59.7 Å². The number of allylic oxidation sites excluding steroid dienone is 4. The van der Waals surface area contributed by atoms with E-state index in [1.165, 1.54) is 11.1 Å². The van der Waals surface area contributed by atoms with E-state index in [0.29, 0.717) is 0 Å².